The highest BCUT2D eigenvalue weighted by Gasteiger charge is 2.15. The number of rotatable bonds is 3. The van der Waals surface area contributed by atoms with Crippen molar-refractivity contribution in [3.05, 3.63) is 53.5 Å². The van der Waals surface area contributed by atoms with Crippen molar-refractivity contribution in [3.63, 3.8) is 0 Å². The molecule has 90 valence electrons. The molecule has 2 N–H and O–H groups in total. The van der Waals surface area contributed by atoms with Crippen LogP contribution in [0.25, 0.3) is 16.3 Å². The monoisotopic (exact) mass is 256 g/mol. The first-order valence-corrected chi connectivity index (χ1v) is 6.52. The number of aromatic nitrogens is 3. The molecule has 0 saturated heterocycles. The number of hydrogen-bond acceptors (Lipinski definition) is 4. The van der Waals surface area contributed by atoms with E-state index in [0.717, 1.165) is 22.0 Å². The second-order valence-electron chi connectivity index (χ2n) is 3.81. The van der Waals surface area contributed by atoms with E-state index < -0.39 is 0 Å². The van der Waals surface area contributed by atoms with Crippen LogP contribution in [0.1, 0.15) is 5.69 Å². The van der Waals surface area contributed by atoms with E-state index in [9.17, 15) is 0 Å². The lowest BCUT2D eigenvalue weighted by Crippen LogP contribution is -2.01. The number of nitrogens with zero attached hydrogens (tertiary/aromatic N) is 3. The van der Waals surface area contributed by atoms with E-state index in [1.165, 1.54) is 0 Å². The van der Waals surface area contributed by atoms with E-state index >= 15 is 0 Å². The van der Waals surface area contributed by atoms with Crippen LogP contribution in [0, 0.1) is 0 Å². The van der Waals surface area contributed by atoms with Gasteiger partial charge >= 0.3 is 0 Å². The van der Waals surface area contributed by atoms with Gasteiger partial charge in [-0.25, -0.2) is 4.68 Å². The second-order valence-corrected chi connectivity index (χ2v) is 4.76. The average Bonchev–Trinajstić information content (AvgIpc) is 3.08. The molecule has 4 nitrogen and oxygen atoms in total. The zero-order chi connectivity index (χ0) is 12.4. The summed E-state index contributed by atoms with van der Waals surface area (Å²) in [6.07, 6.45) is 0. The Hall–Kier alpha value is -1.98. The Morgan fingerprint density at radius 1 is 1.11 bits per heavy atom. The van der Waals surface area contributed by atoms with E-state index in [1.807, 2.05) is 46.5 Å². The van der Waals surface area contributed by atoms with Crippen molar-refractivity contribution in [2.45, 2.75) is 6.54 Å². The summed E-state index contributed by atoms with van der Waals surface area (Å²) in [5, 5.41) is 10.4. The SMILES string of the molecule is NCc1nnn(-c2ccccc2)c1-c1cccs1. The minimum absolute atomic E-state index is 0.389. The van der Waals surface area contributed by atoms with Crippen LogP contribution in [0.4, 0.5) is 0 Å². The third kappa shape index (κ3) is 1.83. The third-order valence-electron chi connectivity index (χ3n) is 2.69. The molecule has 2 heterocycles. The van der Waals surface area contributed by atoms with Crippen molar-refractivity contribution in [1.82, 2.24) is 15.0 Å². The molecule has 18 heavy (non-hydrogen) atoms. The standard InChI is InChI=1S/C13H12N4S/c14-9-11-13(12-7-4-8-18-12)17(16-15-11)10-5-2-1-3-6-10/h1-8H,9,14H2. The van der Waals surface area contributed by atoms with Crippen LogP contribution in [-0.4, -0.2) is 15.0 Å². The number of nitrogens with two attached hydrogens (primary N) is 1. The number of hydrogen-bond donors (Lipinski definition) is 1. The van der Waals surface area contributed by atoms with Gasteiger partial charge in [-0.05, 0) is 23.6 Å². The molecule has 0 aliphatic heterocycles. The summed E-state index contributed by atoms with van der Waals surface area (Å²) in [7, 11) is 0. The third-order valence-corrected chi connectivity index (χ3v) is 3.57. The van der Waals surface area contributed by atoms with Crippen LogP contribution in [0.15, 0.2) is 47.8 Å². The summed E-state index contributed by atoms with van der Waals surface area (Å²) in [4.78, 5) is 1.13. The minimum Gasteiger partial charge on any atom is -0.325 e. The highest BCUT2D eigenvalue weighted by Crippen LogP contribution is 2.28. The topological polar surface area (TPSA) is 56.7 Å². The molecule has 0 aliphatic rings. The molecule has 3 rings (SSSR count). The van der Waals surface area contributed by atoms with E-state index in [0.29, 0.717) is 6.54 Å². The molecule has 0 fully saturated rings. The van der Waals surface area contributed by atoms with Crippen LogP contribution in [0.5, 0.6) is 0 Å². The lowest BCUT2D eigenvalue weighted by Gasteiger charge is -2.05. The van der Waals surface area contributed by atoms with Crippen molar-refractivity contribution in [2.75, 3.05) is 0 Å². The van der Waals surface area contributed by atoms with Crippen LogP contribution in [0.2, 0.25) is 0 Å². The summed E-state index contributed by atoms with van der Waals surface area (Å²) in [5.74, 6) is 0. The average molecular weight is 256 g/mol. The Morgan fingerprint density at radius 2 is 1.94 bits per heavy atom. The van der Waals surface area contributed by atoms with Crippen LogP contribution in [-0.2, 0) is 6.54 Å². The molecule has 0 amide bonds. The van der Waals surface area contributed by atoms with Gasteiger partial charge in [-0.2, -0.15) is 0 Å². The smallest absolute Gasteiger partial charge is 0.109 e. The van der Waals surface area contributed by atoms with Crippen LogP contribution < -0.4 is 5.73 Å². The fourth-order valence-electron chi connectivity index (χ4n) is 1.86. The van der Waals surface area contributed by atoms with Crippen molar-refractivity contribution >= 4 is 11.3 Å². The predicted octanol–water partition coefficient (Wildman–Crippen LogP) is 2.45. The molecule has 5 heteroatoms. The zero-order valence-electron chi connectivity index (χ0n) is 9.65. The lowest BCUT2D eigenvalue weighted by molar-refractivity contribution is 0.800. The largest absolute Gasteiger partial charge is 0.325 e. The fraction of sp³-hybridized carbons (Fsp3) is 0.0769. The molecule has 3 aromatic rings. The number of para-hydroxylation sites is 1. The van der Waals surface area contributed by atoms with Crippen LogP contribution in [0.3, 0.4) is 0 Å². The van der Waals surface area contributed by atoms with Gasteiger partial charge in [0.05, 0.1) is 10.6 Å². The van der Waals surface area contributed by atoms with Gasteiger partial charge in [-0.3, -0.25) is 0 Å². The zero-order valence-corrected chi connectivity index (χ0v) is 10.5. The molecule has 0 atom stereocenters. The molecule has 0 aliphatic carbocycles. The Morgan fingerprint density at radius 3 is 2.61 bits per heavy atom. The number of benzene rings is 1. The summed E-state index contributed by atoms with van der Waals surface area (Å²) in [5.41, 5.74) is 8.54. The maximum Gasteiger partial charge on any atom is 0.109 e. The molecule has 0 bridgehead atoms. The molecular weight excluding hydrogens is 244 g/mol. The quantitative estimate of drug-likeness (QED) is 0.783. The molecule has 0 spiro atoms. The van der Waals surface area contributed by atoms with Gasteiger partial charge in [-0.1, -0.05) is 29.5 Å². The first-order valence-electron chi connectivity index (χ1n) is 5.64. The van der Waals surface area contributed by atoms with Crippen molar-refractivity contribution in [3.8, 4) is 16.3 Å². The normalized spacial score (nSPS) is 10.7. The second kappa shape index (κ2) is 4.72. The van der Waals surface area contributed by atoms with Gasteiger partial charge in [0.1, 0.15) is 11.4 Å². The summed E-state index contributed by atoms with van der Waals surface area (Å²) in [6, 6.07) is 14.0. The van der Waals surface area contributed by atoms with Crippen molar-refractivity contribution in [2.24, 2.45) is 5.73 Å². The summed E-state index contributed by atoms with van der Waals surface area (Å²) in [6.45, 7) is 0.389. The van der Waals surface area contributed by atoms with Gasteiger partial charge in [-0.15, -0.1) is 16.4 Å². The predicted molar refractivity (Wildman–Crippen MR) is 72.6 cm³/mol. The molecule has 0 unspecified atom stereocenters. The number of thiophene rings is 1. The van der Waals surface area contributed by atoms with E-state index in [1.54, 1.807) is 11.3 Å². The van der Waals surface area contributed by atoms with Gasteiger partial charge in [0.25, 0.3) is 0 Å². The van der Waals surface area contributed by atoms with E-state index in [4.69, 9.17) is 5.73 Å². The molecule has 1 aromatic carbocycles. The van der Waals surface area contributed by atoms with Gasteiger partial charge < -0.3 is 5.73 Å². The summed E-state index contributed by atoms with van der Waals surface area (Å²) >= 11 is 1.66. The van der Waals surface area contributed by atoms with E-state index in [-0.39, 0.29) is 0 Å². The Balaban J connectivity index is 2.20. The first-order chi connectivity index (χ1) is 8.90. The maximum absolute atomic E-state index is 5.74. The van der Waals surface area contributed by atoms with Crippen molar-refractivity contribution < 1.29 is 0 Å². The van der Waals surface area contributed by atoms with Crippen LogP contribution >= 0.6 is 11.3 Å². The van der Waals surface area contributed by atoms with Gasteiger partial charge in [0.15, 0.2) is 0 Å². The van der Waals surface area contributed by atoms with Gasteiger partial charge in [0.2, 0.25) is 0 Å². The Bertz CT molecular complexity index is 628. The van der Waals surface area contributed by atoms with E-state index in [2.05, 4.69) is 16.4 Å². The molecule has 0 radical (unpaired) electrons. The minimum atomic E-state index is 0.389. The van der Waals surface area contributed by atoms with Gasteiger partial charge in [0, 0.05) is 6.54 Å². The first kappa shape index (κ1) is 11.1. The fourth-order valence-corrected chi connectivity index (χ4v) is 2.64. The van der Waals surface area contributed by atoms with Crippen molar-refractivity contribution in [1.29, 1.82) is 0 Å². The molecular formula is C13H12N4S. The highest BCUT2D eigenvalue weighted by atomic mass is 32.1. The summed E-state index contributed by atoms with van der Waals surface area (Å²) < 4.78 is 1.84. The molecule has 0 saturated carbocycles. The Kier molecular flexibility index (Phi) is 2.92. The lowest BCUT2D eigenvalue weighted by atomic mass is 10.2. The highest BCUT2D eigenvalue weighted by molar-refractivity contribution is 7.13. The Labute approximate surface area is 109 Å². The maximum atomic E-state index is 5.74. The molecule has 2 aromatic heterocycles.